The predicted molar refractivity (Wildman–Crippen MR) is 117 cm³/mol. The van der Waals surface area contributed by atoms with Crippen molar-refractivity contribution in [2.45, 2.75) is 72.7 Å². The van der Waals surface area contributed by atoms with Crippen molar-refractivity contribution in [2.75, 3.05) is 26.2 Å². The Kier molecular flexibility index (Phi) is 5.71. The number of fused-ring (bicyclic) bond motifs is 1. The third kappa shape index (κ3) is 4.08. The minimum atomic E-state index is -0.0886. The minimum Gasteiger partial charge on any atom is -0.486 e. The van der Waals surface area contributed by atoms with E-state index in [1.807, 2.05) is 0 Å². The van der Waals surface area contributed by atoms with E-state index in [4.69, 9.17) is 9.84 Å². The Morgan fingerprint density at radius 1 is 1.03 bits per heavy atom. The van der Waals surface area contributed by atoms with Crippen molar-refractivity contribution >= 4 is 0 Å². The van der Waals surface area contributed by atoms with Gasteiger partial charge in [0.1, 0.15) is 11.4 Å². The predicted octanol–water partition coefficient (Wildman–Crippen LogP) is 4.08. The van der Waals surface area contributed by atoms with E-state index in [0.29, 0.717) is 0 Å². The molecule has 2 aromatic rings. The van der Waals surface area contributed by atoms with E-state index in [0.717, 1.165) is 70.1 Å². The summed E-state index contributed by atoms with van der Waals surface area (Å²) >= 11 is 0. The Hall–Kier alpha value is -1.85. The lowest BCUT2D eigenvalue weighted by atomic mass is 9.90. The molecule has 29 heavy (non-hydrogen) atoms. The zero-order chi connectivity index (χ0) is 20.6. The summed E-state index contributed by atoms with van der Waals surface area (Å²) in [6.07, 6.45) is 2.19. The van der Waals surface area contributed by atoms with Gasteiger partial charge in [-0.15, -0.1) is 0 Å². The van der Waals surface area contributed by atoms with Crippen LogP contribution in [0, 0.1) is 20.8 Å². The van der Waals surface area contributed by atoms with Gasteiger partial charge in [-0.25, -0.2) is 0 Å². The molecule has 1 aromatic heterocycles. The lowest BCUT2D eigenvalue weighted by molar-refractivity contribution is -0.0187. The van der Waals surface area contributed by atoms with Crippen LogP contribution in [0.25, 0.3) is 0 Å². The largest absolute Gasteiger partial charge is 0.486 e. The van der Waals surface area contributed by atoms with Gasteiger partial charge in [-0.2, -0.15) is 5.10 Å². The summed E-state index contributed by atoms with van der Waals surface area (Å²) < 4.78 is 8.93. The van der Waals surface area contributed by atoms with Crippen molar-refractivity contribution in [2.24, 2.45) is 0 Å². The first-order valence-electron chi connectivity index (χ1n) is 11.2. The zero-order valence-corrected chi connectivity index (χ0v) is 18.8. The summed E-state index contributed by atoms with van der Waals surface area (Å²) in [7, 11) is 0. The summed E-state index contributed by atoms with van der Waals surface area (Å²) in [6, 6.07) is 6.67. The number of hydrogen-bond acceptors (Lipinski definition) is 4. The molecule has 1 spiro atoms. The van der Waals surface area contributed by atoms with E-state index in [2.05, 4.69) is 67.3 Å². The maximum Gasteiger partial charge on any atom is 0.124 e. The van der Waals surface area contributed by atoms with Crippen LogP contribution in [-0.2, 0) is 19.6 Å². The van der Waals surface area contributed by atoms with Gasteiger partial charge in [0.15, 0.2) is 0 Å². The molecule has 0 bridgehead atoms. The first-order chi connectivity index (χ1) is 13.9. The zero-order valence-electron chi connectivity index (χ0n) is 18.8. The van der Waals surface area contributed by atoms with Gasteiger partial charge in [0.2, 0.25) is 0 Å². The highest BCUT2D eigenvalue weighted by molar-refractivity contribution is 5.38. The van der Waals surface area contributed by atoms with Gasteiger partial charge in [-0.3, -0.25) is 9.58 Å². The van der Waals surface area contributed by atoms with E-state index in [9.17, 15) is 0 Å². The topological polar surface area (TPSA) is 33.5 Å². The van der Waals surface area contributed by atoms with Crippen LogP contribution in [0.2, 0.25) is 0 Å². The molecule has 0 amide bonds. The van der Waals surface area contributed by atoms with Crippen molar-refractivity contribution in [3.8, 4) is 5.75 Å². The maximum atomic E-state index is 6.80. The third-order valence-electron chi connectivity index (χ3n) is 6.88. The fraction of sp³-hybridized carbons (Fsp3) is 0.625. The molecular formula is C24H36N4O. The molecule has 0 aliphatic carbocycles. The number of aryl methyl sites for hydroxylation is 3. The lowest BCUT2D eigenvalue weighted by Gasteiger charge is -2.42. The molecule has 1 fully saturated rings. The minimum absolute atomic E-state index is 0.0886. The summed E-state index contributed by atoms with van der Waals surface area (Å²) in [4.78, 5) is 5.14. The number of ether oxygens (including phenoxy) is 1. The first kappa shape index (κ1) is 20.4. The van der Waals surface area contributed by atoms with Crippen LogP contribution in [0.4, 0.5) is 0 Å². The van der Waals surface area contributed by atoms with Crippen LogP contribution in [0.5, 0.6) is 5.75 Å². The molecule has 3 heterocycles. The summed E-state index contributed by atoms with van der Waals surface area (Å²) in [5.74, 6) is 1.08. The van der Waals surface area contributed by atoms with Gasteiger partial charge in [-0.05, 0) is 40.3 Å². The average molecular weight is 397 g/mol. The van der Waals surface area contributed by atoms with Crippen molar-refractivity contribution in [1.82, 2.24) is 19.6 Å². The molecular weight excluding hydrogens is 360 g/mol. The Bertz CT molecular complexity index is 864. The molecule has 2 aliphatic rings. The molecule has 0 radical (unpaired) electrons. The Morgan fingerprint density at radius 2 is 1.79 bits per heavy atom. The van der Waals surface area contributed by atoms with Crippen LogP contribution in [-0.4, -0.2) is 51.4 Å². The monoisotopic (exact) mass is 396 g/mol. The van der Waals surface area contributed by atoms with E-state index in [-0.39, 0.29) is 5.60 Å². The van der Waals surface area contributed by atoms with E-state index in [1.165, 1.54) is 22.4 Å². The maximum absolute atomic E-state index is 6.80. The van der Waals surface area contributed by atoms with Crippen molar-refractivity contribution in [1.29, 1.82) is 0 Å². The molecule has 0 N–H and O–H groups in total. The van der Waals surface area contributed by atoms with Crippen LogP contribution < -0.4 is 4.74 Å². The molecule has 158 valence electrons. The molecule has 5 heteroatoms. The highest BCUT2D eigenvalue weighted by atomic mass is 16.5. The molecule has 1 saturated heterocycles. The highest BCUT2D eigenvalue weighted by Gasteiger charge is 2.40. The Balaban J connectivity index is 1.65. The van der Waals surface area contributed by atoms with Crippen molar-refractivity contribution < 1.29 is 4.74 Å². The van der Waals surface area contributed by atoms with Crippen LogP contribution in [0.1, 0.15) is 54.8 Å². The van der Waals surface area contributed by atoms with Crippen molar-refractivity contribution in [3.63, 3.8) is 0 Å². The van der Waals surface area contributed by atoms with Gasteiger partial charge in [0.05, 0.1) is 5.69 Å². The molecule has 0 saturated carbocycles. The van der Waals surface area contributed by atoms with E-state index >= 15 is 0 Å². The highest BCUT2D eigenvalue weighted by Crippen LogP contribution is 2.36. The van der Waals surface area contributed by atoms with E-state index < -0.39 is 0 Å². The lowest BCUT2D eigenvalue weighted by Crippen LogP contribution is -2.53. The smallest absolute Gasteiger partial charge is 0.124 e. The van der Waals surface area contributed by atoms with Gasteiger partial charge in [0, 0.05) is 68.9 Å². The summed E-state index contributed by atoms with van der Waals surface area (Å²) in [5, 5.41) is 4.75. The van der Waals surface area contributed by atoms with Crippen LogP contribution >= 0.6 is 0 Å². The molecule has 0 atom stereocenters. The number of rotatable bonds is 4. The SMILES string of the molecule is CCN1CCC2(CC1)CN(Cc1c(C)nn(CC)c1C)Cc1cc(C)ccc1O2. The summed E-state index contributed by atoms with van der Waals surface area (Å²) in [6.45, 7) is 18.1. The average Bonchev–Trinajstić information content (AvgIpc) is 2.89. The van der Waals surface area contributed by atoms with Gasteiger partial charge >= 0.3 is 0 Å². The fourth-order valence-corrected chi connectivity index (χ4v) is 5.04. The van der Waals surface area contributed by atoms with Crippen LogP contribution in [0.15, 0.2) is 18.2 Å². The fourth-order valence-electron chi connectivity index (χ4n) is 5.04. The second kappa shape index (κ2) is 8.11. The number of likely N-dealkylation sites (tertiary alicyclic amines) is 1. The Morgan fingerprint density at radius 3 is 2.45 bits per heavy atom. The molecule has 2 aliphatic heterocycles. The molecule has 1 aromatic carbocycles. The quantitative estimate of drug-likeness (QED) is 0.780. The molecule has 4 rings (SSSR count). The van der Waals surface area contributed by atoms with Gasteiger partial charge in [-0.1, -0.05) is 24.6 Å². The van der Waals surface area contributed by atoms with Crippen molar-refractivity contribution in [3.05, 3.63) is 46.3 Å². The second-order valence-corrected chi connectivity index (χ2v) is 8.94. The number of nitrogens with zero attached hydrogens (tertiary/aromatic N) is 4. The summed E-state index contributed by atoms with van der Waals surface area (Å²) in [5.41, 5.74) is 6.37. The van der Waals surface area contributed by atoms with Gasteiger partial charge in [0.25, 0.3) is 0 Å². The molecule has 5 nitrogen and oxygen atoms in total. The first-order valence-corrected chi connectivity index (χ1v) is 11.2. The number of aromatic nitrogens is 2. The van der Waals surface area contributed by atoms with Gasteiger partial charge < -0.3 is 9.64 Å². The number of benzene rings is 1. The molecule has 0 unspecified atom stereocenters. The van der Waals surface area contributed by atoms with Crippen LogP contribution in [0.3, 0.4) is 0 Å². The normalized spacial score (nSPS) is 19.8. The van der Waals surface area contributed by atoms with E-state index in [1.54, 1.807) is 0 Å². The second-order valence-electron chi connectivity index (χ2n) is 8.94. The standard InChI is InChI=1S/C24H36N4O/c1-6-26-12-10-24(11-13-26)17-27(15-21-14-18(3)8-9-23(21)29-24)16-22-19(4)25-28(7-2)20(22)5/h8-9,14H,6-7,10-13,15-17H2,1-5H3. The number of hydrogen-bond donors (Lipinski definition) is 0. The Labute approximate surface area is 175 Å². The number of piperidine rings is 1. The third-order valence-corrected chi connectivity index (χ3v) is 6.88.